The third-order valence-corrected chi connectivity index (χ3v) is 5.19. The topological polar surface area (TPSA) is 53.6 Å². The molecule has 0 spiro atoms. The highest BCUT2D eigenvalue weighted by molar-refractivity contribution is 6.30. The minimum atomic E-state index is -0.304. The van der Waals surface area contributed by atoms with Crippen LogP contribution in [0.5, 0.6) is 5.75 Å². The molecule has 1 heterocycles. The number of carbonyl (C=O) groups is 1. The number of benzene rings is 2. The van der Waals surface area contributed by atoms with Gasteiger partial charge in [0.1, 0.15) is 18.2 Å². The normalized spacial score (nSPS) is 16.2. The molecule has 1 aliphatic heterocycles. The highest BCUT2D eigenvalue weighted by Crippen LogP contribution is 2.16. The summed E-state index contributed by atoms with van der Waals surface area (Å²) in [5, 5.41) is 6.69. The molecule has 1 saturated heterocycles. The molecule has 0 bridgehead atoms. The lowest BCUT2D eigenvalue weighted by Crippen LogP contribution is -2.50. The number of urea groups is 1. The van der Waals surface area contributed by atoms with E-state index in [4.69, 9.17) is 16.3 Å². The van der Waals surface area contributed by atoms with Crippen molar-refractivity contribution in [2.24, 2.45) is 0 Å². The maximum absolute atomic E-state index is 12.9. The van der Waals surface area contributed by atoms with E-state index in [0.29, 0.717) is 12.4 Å². The molecule has 0 aliphatic carbocycles. The molecular formula is C22H27ClFN3O2. The van der Waals surface area contributed by atoms with Crippen molar-refractivity contribution < 1.29 is 13.9 Å². The molecule has 1 unspecified atom stereocenters. The van der Waals surface area contributed by atoms with Crippen molar-refractivity contribution >= 4 is 17.6 Å². The Balaban J connectivity index is 1.33. The van der Waals surface area contributed by atoms with E-state index in [-0.39, 0.29) is 23.9 Å². The van der Waals surface area contributed by atoms with E-state index in [2.05, 4.69) is 27.7 Å². The third kappa shape index (κ3) is 7.22. The Morgan fingerprint density at radius 3 is 2.48 bits per heavy atom. The fourth-order valence-electron chi connectivity index (χ4n) is 3.33. The summed E-state index contributed by atoms with van der Waals surface area (Å²) in [5.74, 6) is 0.274. The van der Waals surface area contributed by atoms with Gasteiger partial charge in [0, 0.05) is 30.7 Å². The number of nitrogens with zero attached hydrogens (tertiary/aromatic N) is 1. The number of ether oxygens (including phenoxy) is 1. The minimum absolute atomic E-state index is 0.162. The van der Waals surface area contributed by atoms with Crippen molar-refractivity contribution in [3.8, 4) is 5.75 Å². The van der Waals surface area contributed by atoms with Gasteiger partial charge < -0.3 is 15.4 Å². The largest absolute Gasteiger partial charge is 0.491 e. The Kier molecular flexibility index (Phi) is 7.72. The number of hydrogen-bond acceptors (Lipinski definition) is 3. The highest BCUT2D eigenvalue weighted by atomic mass is 35.5. The van der Waals surface area contributed by atoms with Crippen LogP contribution in [0.1, 0.15) is 25.3 Å². The quantitative estimate of drug-likeness (QED) is 0.706. The first kappa shape index (κ1) is 21.4. The molecule has 2 amide bonds. The molecule has 156 valence electrons. The number of nitrogens with one attached hydrogen (secondary N) is 2. The maximum Gasteiger partial charge on any atom is 0.315 e. The van der Waals surface area contributed by atoms with Crippen molar-refractivity contribution in [2.45, 2.75) is 38.4 Å². The molecule has 0 radical (unpaired) electrons. The van der Waals surface area contributed by atoms with Crippen molar-refractivity contribution in [3.63, 3.8) is 0 Å². The predicted octanol–water partition coefficient (Wildman–Crippen LogP) is 4.21. The number of likely N-dealkylation sites (tertiary alicyclic amines) is 1. The molecule has 0 saturated carbocycles. The Hall–Kier alpha value is -2.31. The van der Waals surface area contributed by atoms with Gasteiger partial charge in [-0.25, -0.2) is 9.18 Å². The van der Waals surface area contributed by atoms with Gasteiger partial charge in [0.2, 0.25) is 0 Å². The summed E-state index contributed by atoms with van der Waals surface area (Å²) >= 11 is 5.93. The number of carbonyl (C=O) groups excluding carboxylic acids is 1. The second-order valence-corrected chi connectivity index (χ2v) is 7.90. The zero-order valence-electron chi connectivity index (χ0n) is 16.5. The first-order chi connectivity index (χ1) is 14.0. The van der Waals surface area contributed by atoms with Crippen LogP contribution in [0.2, 0.25) is 5.02 Å². The lowest BCUT2D eigenvalue weighted by atomic mass is 10.0. The lowest BCUT2D eigenvalue weighted by Gasteiger charge is -2.32. The van der Waals surface area contributed by atoms with Crippen LogP contribution in [0.3, 0.4) is 0 Å². The van der Waals surface area contributed by atoms with Crippen molar-refractivity contribution in [1.29, 1.82) is 0 Å². The summed E-state index contributed by atoms with van der Waals surface area (Å²) in [4.78, 5) is 14.6. The standard InChI is InChI=1S/C22H27ClFN3O2/c1-16(15-29-21-8-6-19(24)7-9-21)25-22(28)26-20-10-12-27(13-11-20)14-17-2-4-18(23)5-3-17/h2-9,16,20H,10-15H2,1H3,(H2,25,26,28). The van der Waals surface area contributed by atoms with E-state index in [1.807, 2.05) is 19.1 Å². The smallest absolute Gasteiger partial charge is 0.315 e. The van der Waals surface area contributed by atoms with E-state index in [1.165, 1.54) is 17.7 Å². The van der Waals surface area contributed by atoms with Gasteiger partial charge >= 0.3 is 6.03 Å². The van der Waals surface area contributed by atoms with Gasteiger partial charge in [0.05, 0.1) is 6.04 Å². The molecule has 1 fully saturated rings. The molecule has 1 atom stereocenters. The first-order valence-electron chi connectivity index (χ1n) is 9.90. The summed E-state index contributed by atoms with van der Waals surface area (Å²) in [7, 11) is 0. The molecule has 0 aromatic heterocycles. The van der Waals surface area contributed by atoms with Crippen molar-refractivity contribution in [2.75, 3.05) is 19.7 Å². The monoisotopic (exact) mass is 419 g/mol. The van der Waals surface area contributed by atoms with Crippen LogP contribution in [0.4, 0.5) is 9.18 Å². The van der Waals surface area contributed by atoms with E-state index in [1.54, 1.807) is 12.1 Å². The van der Waals surface area contributed by atoms with Gasteiger partial charge in [0.15, 0.2) is 0 Å². The highest BCUT2D eigenvalue weighted by Gasteiger charge is 2.21. The molecule has 2 aromatic rings. The second-order valence-electron chi connectivity index (χ2n) is 7.46. The molecule has 5 nitrogen and oxygen atoms in total. The second kappa shape index (κ2) is 10.5. The van der Waals surface area contributed by atoms with Gasteiger partial charge in [-0.15, -0.1) is 0 Å². The Bertz CT molecular complexity index is 778. The SMILES string of the molecule is CC(COc1ccc(F)cc1)NC(=O)NC1CCN(Cc2ccc(Cl)cc2)CC1. The minimum Gasteiger partial charge on any atom is -0.491 e. The Morgan fingerprint density at radius 2 is 1.83 bits per heavy atom. The van der Waals surface area contributed by atoms with E-state index in [9.17, 15) is 9.18 Å². The molecule has 2 N–H and O–H groups in total. The van der Waals surface area contributed by atoms with Crippen molar-refractivity contribution in [3.05, 3.63) is 64.9 Å². The molecule has 7 heteroatoms. The summed E-state index contributed by atoms with van der Waals surface area (Å²) in [5.41, 5.74) is 1.24. The van der Waals surface area contributed by atoms with Gasteiger partial charge in [-0.2, -0.15) is 0 Å². The van der Waals surface area contributed by atoms with Crippen LogP contribution in [0.15, 0.2) is 48.5 Å². The van der Waals surface area contributed by atoms with Gasteiger partial charge in [-0.1, -0.05) is 23.7 Å². The molecule has 29 heavy (non-hydrogen) atoms. The first-order valence-corrected chi connectivity index (χ1v) is 10.3. The van der Waals surface area contributed by atoms with E-state index >= 15 is 0 Å². The Morgan fingerprint density at radius 1 is 1.17 bits per heavy atom. The molecule has 3 rings (SSSR count). The summed E-state index contributed by atoms with van der Waals surface area (Å²) in [6.45, 7) is 4.97. The number of amides is 2. The fraction of sp³-hybridized carbons (Fsp3) is 0.409. The summed E-state index contributed by atoms with van der Waals surface area (Å²) in [6.07, 6.45) is 1.84. The number of piperidine rings is 1. The molecule has 2 aromatic carbocycles. The fourth-order valence-corrected chi connectivity index (χ4v) is 3.45. The molecular weight excluding hydrogens is 393 g/mol. The van der Waals surface area contributed by atoms with E-state index in [0.717, 1.165) is 37.5 Å². The zero-order chi connectivity index (χ0) is 20.6. The maximum atomic E-state index is 12.9. The lowest BCUT2D eigenvalue weighted by molar-refractivity contribution is 0.184. The average molecular weight is 420 g/mol. The summed E-state index contributed by atoms with van der Waals surface area (Å²) < 4.78 is 18.5. The van der Waals surface area contributed by atoms with E-state index < -0.39 is 0 Å². The van der Waals surface area contributed by atoms with Crippen LogP contribution in [0.25, 0.3) is 0 Å². The van der Waals surface area contributed by atoms with Crippen LogP contribution in [-0.2, 0) is 6.54 Å². The third-order valence-electron chi connectivity index (χ3n) is 4.93. The zero-order valence-corrected chi connectivity index (χ0v) is 17.3. The predicted molar refractivity (Wildman–Crippen MR) is 113 cm³/mol. The van der Waals surface area contributed by atoms with Crippen LogP contribution < -0.4 is 15.4 Å². The van der Waals surface area contributed by atoms with Gasteiger partial charge in [-0.3, -0.25) is 4.90 Å². The molecule has 1 aliphatic rings. The van der Waals surface area contributed by atoms with Gasteiger partial charge in [-0.05, 0) is 61.7 Å². The van der Waals surface area contributed by atoms with Gasteiger partial charge in [0.25, 0.3) is 0 Å². The van der Waals surface area contributed by atoms with Crippen LogP contribution in [-0.4, -0.2) is 42.7 Å². The van der Waals surface area contributed by atoms with Crippen LogP contribution in [0, 0.1) is 5.82 Å². The summed E-state index contributed by atoms with van der Waals surface area (Å²) in [6, 6.07) is 13.6. The van der Waals surface area contributed by atoms with Crippen LogP contribution >= 0.6 is 11.6 Å². The Labute approximate surface area is 176 Å². The number of rotatable bonds is 7. The number of hydrogen-bond donors (Lipinski definition) is 2. The van der Waals surface area contributed by atoms with Crippen molar-refractivity contribution in [1.82, 2.24) is 15.5 Å². The number of halogens is 2. The average Bonchev–Trinajstić information content (AvgIpc) is 2.71.